The second-order valence-corrected chi connectivity index (χ2v) is 7.32. The molecule has 0 aliphatic heterocycles. The molecule has 0 saturated carbocycles. The summed E-state index contributed by atoms with van der Waals surface area (Å²) in [6.07, 6.45) is 5.73. The second kappa shape index (κ2) is 10.7. The molecule has 0 aliphatic rings. The van der Waals surface area contributed by atoms with E-state index < -0.39 is 12.0 Å². The average molecular weight is 443 g/mol. The number of aliphatic imine (C=N–C) groups is 2. The number of hydrogen-bond acceptors (Lipinski definition) is 2. The molecule has 1 atom stereocenters. The third-order valence-corrected chi connectivity index (χ3v) is 4.49. The van der Waals surface area contributed by atoms with E-state index in [1.165, 1.54) is 24.4 Å². The normalized spacial score (nSPS) is 14.4. The van der Waals surface area contributed by atoms with E-state index in [4.69, 9.17) is 23.1 Å². The average Bonchev–Trinajstić information content (AvgIpc) is 2.70. The Hall–Kier alpha value is -3.25. The standard InChI is InChI=1S/C24H25ClF2N4/c1-16-11-9-14-19(18-12-5-4-6-13-18)20(16)22(31-23(25)29)30-21(24(3,26)27)17(2)10-7-8-15-28/h4-15,21H,2,28H2,1,3H3,(H2,29,30,31)/b10-7-,15-8-. The van der Waals surface area contributed by atoms with Crippen molar-refractivity contribution in [2.24, 2.45) is 21.5 Å². The number of allylic oxidation sites excluding steroid dienone is 2. The Balaban J connectivity index is 2.75. The summed E-state index contributed by atoms with van der Waals surface area (Å²) in [5.74, 6) is -3.22. The molecular formula is C24H25ClF2N4. The van der Waals surface area contributed by atoms with Crippen LogP contribution in [-0.2, 0) is 0 Å². The minimum Gasteiger partial charge on any atom is -0.405 e. The van der Waals surface area contributed by atoms with Crippen LogP contribution in [0.1, 0.15) is 18.1 Å². The van der Waals surface area contributed by atoms with Gasteiger partial charge in [0.1, 0.15) is 6.04 Å². The summed E-state index contributed by atoms with van der Waals surface area (Å²) in [5, 5.41) is -0.314. The van der Waals surface area contributed by atoms with Crippen molar-refractivity contribution in [3.8, 4) is 11.1 Å². The van der Waals surface area contributed by atoms with Crippen LogP contribution in [0.5, 0.6) is 0 Å². The first-order valence-electron chi connectivity index (χ1n) is 9.49. The number of aryl methyl sites for hydroxylation is 1. The summed E-state index contributed by atoms with van der Waals surface area (Å²) in [4.78, 5) is 8.40. The zero-order chi connectivity index (χ0) is 23.0. The van der Waals surface area contributed by atoms with Gasteiger partial charge in [-0.15, -0.1) is 0 Å². The lowest BCUT2D eigenvalue weighted by molar-refractivity contribution is 0.00773. The minimum absolute atomic E-state index is 0.0000972. The van der Waals surface area contributed by atoms with Crippen LogP contribution in [0.4, 0.5) is 8.78 Å². The zero-order valence-electron chi connectivity index (χ0n) is 17.4. The predicted molar refractivity (Wildman–Crippen MR) is 127 cm³/mol. The molecule has 2 rings (SSSR count). The van der Waals surface area contributed by atoms with Crippen LogP contribution in [0.2, 0.25) is 0 Å². The number of nitrogens with two attached hydrogens (primary N) is 2. The highest BCUT2D eigenvalue weighted by atomic mass is 35.5. The van der Waals surface area contributed by atoms with Crippen LogP contribution < -0.4 is 11.5 Å². The van der Waals surface area contributed by atoms with E-state index in [9.17, 15) is 8.78 Å². The van der Waals surface area contributed by atoms with Crippen molar-refractivity contribution >= 4 is 22.7 Å². The van der Waals surface area contributed by atoms with Gasteiger partial charge < -0.3 is 11.5 Å². The SMILES string of the molecule is C=C(/C=C\C=C/N)C(N=C(N=C(N)Cl)c1c(C)cccc1-c1ccccc1)C(C)(F)F. The Labute approximate surface area is 186 Å². The quantitative estimate of drug-likeness (QED) is 0.254. The van der Waals surface area contributed by atoms with Gasteiger partial charge in [-0.25, -0.2) is 13.8 Å². The first kappa shape index (κ1) is 24.0. The number of hydrogen-bond donors (Lipinski definition) is 2. The van der Waals surface area contributed by atoms with Gasteiger partial charge in [-0.3, -0.25) is 4.99 Å². The van der Waals surface area contributed by atoms with E-state index in [1.54, 1.807) is 0 Å². The van der Waals surface area contributed by atoms with E-state index in [0.717, 1.165) is 23.6 Å². The molecule has 0 aliphatic carbocycles. The molecule has 2 aromatic carbocycles. The van der Waals surface area contributed by atoms with Crippen LogP contribution in [0, 0.1) is 6.92 Å². The Morgan fingerprint density at radius 3 is 2.39 bits per heavy atom. The molecule has 0 amide bonds. The molecule has 4 N–H and O–H groups in total. The number of alkyl halides is 2. The van der Waals surface area contributed by atoms with Crippen LogP contribution >= 0.6 is 11.6 Å². The molecule has 162 valence electrons. The molecule has 0 bridgehead atoms. The third kappa shape index (κ3) is 6.62. The lowest BCUT2D eigenvalue weighted by atomic mass is 9.94. The monoisotopic (exact) mass is 442 g/mol. The van der Waals surface area contributed by atoms with Gasteiger partial charge >= 0.3 is 0 Å². The van der Waals surface area contributed by atoms with Crippen LogP contribution in [0.15, 0.2) is 95.1 Å². The lowest BCUT2D eigenvalue weighted by Crippen LogP contribution is -2.31. The predicted octanol–water partition coefficient (Wildman–Crippen LogP) is 5.57. The van der Waals surface area contributed by atoms with Crippen molar-refractivity contribution in [1.29, 1.82) is 0 Å². The molecule has 2 aromatic rings. The van der Waals surface area contributed by atoms with Crippen LogP contribution in [-0.4, -0.2) is 23.1 Å². The minimum atomic E-state index is -3.22. The third-order valence-electron chi connectivity index (χ3n) is 4.41. The molecule has 4 nitrogen and oxygen atoms in total. The van der Waals surface area contributed by atoms with Gasteiger partial charge in [0.05, 0.1) is 0 Å². The molecule has 0 fully saturated rings. The van der Waals surface area contributed by atoms with Crippen molar-refractivity contribution in [3.63, 3.8) is 0 Å². The van der Waals surface area contributed by atoms with Gasteiger partial charge in [0.25, 0.3) is 5.92 Å². The van der Waals surface area contributed by atoms with Gasteiger partial charge in [0, 0.05) is 12.5 Å². The van der Waals surface area contributed by atoms with Gasteiger partial charge in [-0.1, -0.05) is 67.3 Å². The molecule has 7 heteroatoms. The van der Waals surface area contributed by atoms with Gasteiger partial charge in [0.2, 0.25) is 0 Å². The lowest BCUT2D eigenvalue weighted by Gasteiger charge is -2.22. The molecule has 1 unspecified atom stereocenters. The summed E-state index contributed by atoms with van der Waals surface area (Å²) >= 11 is 5.85. The highest BCUT2D eigenvalue weighted by molar-refractivity contribution is 6.65. The first-order chi connectivity index (χ1) is 14.6. The van der Waals surface area contributed by atoms with Crippen molar-refractivity contribution in [2.45, 2.75) is 25.8 Å². The fraction of sp³-hybridized carbons (Fsp3) is 0.167. The number of rotatable bonds is 7. The van der Waals surface area contributed by atoms with E-state index in [-0.39, 0.29) is 16.7 Å². The molecule has 31 heavy (non-hydrogen) atoms. The molecule has 0 saturated heterocycles. The maximum atomic E-state index is 14.5. The number of benzene rings is 2. The Morgan fingerprint density at radius 1 is 1.13 bits per heavy atom. The van der Waals surface area contributed by atoms with Gasteiger partial charge in [-0.05, 0) is 53.1 Å². The molecule has 0 heterocycles. The summed E-state index contributed by atoms with van der Waals surface area (Å²) in [5.41, 5.74) is 14.0. The highest BCUT2D eigenvalue weighted by Gasteiger charge is 2.36. The van der Waals surface area contributed by atoms with Crippen molar-refractivity contribution in [3.05, 3.63) is 96.2 Å². The van der Waals surface area contributed by atoms with Crippen LogP contribution in [0.3, 0.4) is 0 Å². The summed E-state index contributed by atoms with van der Waals surface area (Å²) in [6, 6.07) is 13.5. The fourth-order valence-electron chi connectivity index (χ4n) is 3.05. The maximum absolute atomic E-state index is 14.5. The van der Waals surface area contributed by atoms with E-state index in [0.29, 0.717) is 5.56 Å². The second-order valence-electron chi connectivity index (χ2n) is 6.93. The Bertz CT molecular complexity index is 1030. The van der Waals surface area contributed by atoms with Crippen molar-refractivity contribution < 1.29 is 8.78 Å². The maximum Gasteiger partial charge on any atom is 0.271 e. The fourth-order valence-corrected chi connectivity index (χ4v) is 3.13. The van der Waals surface area contributed by atoms with E-state index in [1.807, 2.05) is 55.5 Å². The smallest absolute Gasteiger partial charge is 0.271 e. The number of nitrogens with zero attached hydrogens (tertiary/aromatic N) is 2. The number of halogens is 3. The number of amidine groups is 2. The molecule has 0 radical (unpaired) electrons. The Morgan fingerprint density at radius 2 is 1.81 bits per heavy atom. The molecule has 0 spiro atoms. The van der Waals surface area contributed by atoms with Crippen molar-refractivity contribution in [1.82, 2.24) is 0 Å². The first-order valence-corrected chi connectivity index (χ1v) is 9.87. The van der Waals surface area contributed by atoms with Gasteiger partial charge in [0.15, 0.2) is 11.1 Å². The van der Waals surface area contributed by atoms with E-state index >= 15 is 0 Å². The Kier molecular flexibility index (Phi) is 8.28. The zero-order valence-corrected chi connectivity index (χ0v) is 18.2. The van der Waals surface area contributed by atoms with Crippen molar-refractivity contribution in [2.75, 3.05) is 0 Å². The summed E-state index contributed by atoms with van der Waals surface area (Å²) < 4.78 is 29.1. The van der Waals surface area contributed by atoms with E-state index in [2.05, 4.69) is 16.6 Å². The topological polar surface area (TPSA) is 76.8 Å². The highest BCUT2D eigenvalue weighted by Crippen LogP contribution is 2.31. The van der Waals surface area contributed by atoms with Crippen LogP contribution in [0.25, 0.3) is 11.1 Å². The largest absolute Gasteiger partial charge is 0.405 e. The van der Waals surface area contributed by atoms with Gasteiger partial charge in [-0.2, -0.15) is 0 Å². The molecular weight excluding hydrogens is 418 g/mol. The summed E-state index contributed by atoms with van der Waals surface area (Å²) in [6.45, 7) is 6.38. The summed E-state index contributed by atoms with van der Waals surface area (Å²) in [7, 11) is 0. The molecule has 0 aromatic heterocycles.